The molecular weight excluding hydrogens is 168 g/mol. The van der Waals surface area contributed by atoms with Crippen LogP contribution in [0.25, 0.3) is 0 Å². The second-order valence-electron chi connectivity index (χ2n) is 3.79. The second-order valence-corrected chi connectivity index (χ2v) is 3.79. The number of hydrogen-bond acceptors (Lipinski definition) is 3. The summed E-state index contributed by atoms with van der Waals surface area (Å²) in [7, 11) is 0. The molecule has 76 valence electrons. The van der Waals surface area contributed by atoms with E-state index in [-0.39, 0.29) is 18.1 Å². The number of nitrogens with zero attached hydrogens (tertiary/aromatic N) is 1. The summed E-state index contributed by atoms with van der Waals surface area (Å²) in [5.41, 5.74) is 5.53. The fourth-order valence-electron chi connectivity index (χ4n) is 1.65. The molecule has 1 rings (SSSR count). The minimum Gasteiger partial charge on any atom is -0.372 e. The Hall–Kier alpha value is -0.610. The van der Waals surface area contributed by atoms with Crippen molar-refractivity contribution in [3.8, 4) is 0 Å². The first kappa shape index (κ1) is 10.5. The van der Waals surface area contributed by atoms with Crippen molar-refractivity contribution in [1.82, 2.24) is 4.90 Å². The molecule has 0 aromatic heterocycles. The lowest BCUT2D eigenvalue weighted by molar-refractivity contribution is -0.144. The third kappa shape index (κ3) is 2.67. The lowest BCUT2D eigenvalue weighted by Gasteiger charge is -2.36. The van der Waals surface area contributed by atoms with Crippen molar-refractivity contribution in [3.63, 3.8) is 0 Å². The maximum atomic E-state index is 11.5. The first-order valence-electron chi connectivity index (χ1n) is 4.70. The summed E-state index contributed by atoms with van der Waals surface area (Å²) < 4.78 is 5.51. The van der Waals surface area contributed by atoms with Crippen LogP contribution in [0.3, 0.4) is 0 Å². The predicted molar refractivity (Wildman–Crippen MR) is 50.2 cm³/mol. The summed E-state index contributed by atoms with van der Waals surface area (Å²) in [6.45, 7) is 6.97. The highest BCUT2D eigenvalue weighted by Crippen LogP contribution is 2.11. The number of amides is 1. The van der Waals surface area contributed by atoms with Crippen LogP contribution >= 0.6 is 0 Å². The van der Waals surface area contributed by atoms with E-state index >= 15 is 0 Å². The van der Waals surface area contributed by atoms with Crippen LogP contribution in [0.4, 0.5) is 0 Å². The van der Waals surface area contributed by atoms with Crippen LogP contribution in [0.5, 0.6) is 0 Å². The van der Waals surface area contributed by atoms with E-state index in [0.29, 0.717) is 13.1 Å². The quantitative estimate of drug-likeness (QED) is 0.625. The number of carbonyl (C=O) groups is 1. The molecule has 0 saturated carbocycles. The smallest absolute Gasteiger partial charge is 0.239 e. The molecule has 1 saturated heterocycles. The topological polar surface area (TPSA) is 55.6 Å². The minimum atomic E-state index is -0.405. The van der Waals surface area contributed by atoms with Gasteiger partial charge in [0.1, 0.15) is 0 Å². The van der Waals surface area contributed by atoms with Crippen molar-refractivity contribution in [2.45, 2.75) is 39.0 Å². The predicted octanol–water partition coefficient (Wildman–Crippen LogP) is -0.0306. The van der Waals surface area contributed by atoms with E-state index in [0.717, 1.165) is 0 Å². The fourth-order valence-corrected chi connectivity index (χ4v) is 1.65. The maximum absolute atomic E-state index is 11.5. The normalized spacial score (nSPS) is 31.5. The summed E-state index contributed by atoms with van der Waals surface area (Å²) >= 11 is 0. The molecule has 1 heterocycles. The Morgan fingerprint density at radius 2 is 1.92 bits per heavy atom. The summed E-state index contributed by atoms with van der Waals surface area (Å²) in [5, 5.41) is 0. The lowest BCUT2D eigenvalue weighted by atomic mass is 10.2. The van der Waals surface area contributed by atoms with Gasteiger partial charge in [-0.1, -0.05) is 0 Å². The molecule has 0 aromatic carbocycles. The van der Waals surface area contributed by atoms with E-state index in [1.807, 2.05) is 13.8 Å². The molecule has 0 aromatic rings. The van der Waals surface area contributed by atoms with E-state index in [1.165, 1.54) is 0 Å². The third-order valence-corrected chi connectivity index (χ3v) is 2.12. The zero-order valence-electron chi connectivity index (χ0n) is 8.49. The molecule has 1 aliphatic heterocycles. The number of carbonyl (C=O) groups excluding carboxylic acids is 1. The van der Waals surface area contributed by atoms with Gasteiger partial charge in [0.25, 0.3) is 0 Å². The van der Waals surface area contributed by atoms with E-state index in [2.05, 4.69) is 0 Å². The molecule has 1 amide bonds. The molecule has 1 aliphatic rings. The Balaban J connectivity index is 2.55. The van der Waals surface area contributed by atoms with Gasteiger partial charge in [0.15, 0.2) is 0 Å². The van der Waals surface area contributed by atoms with Crippen molar-refractivity contribution >= 4 is 5.91 Å². The Morgan fingerprint density at radius 1 is 1.46 bits per heavy atom. The Kier molecular flexibility index (Phi) is 3.27. The number of nitrogens with two attached hydrogens (primary N) is 1. The zero-order valence-corrected chi connectivity index (χ0v) is 8.49. The number of ether oxygens (including phenoxy) is 1. The Bertz CT molecular complexity index is 184. The molecule has 0 unspecified atom stereocenters. The largest absolute Gasteiger partial charge is 0.372 e. The number of hydrogen-bond donors (Lipinski definition) is 1. The van der Waals surface area contributed by atoms with Crippen LogP contribution in [0.15, 0.2) is 0 Å². The van der Waals surface area contributed by atoms with E-state index in [9.17, 15) is 4.79 Å². The first-order chi connectivity index (χ1) is 6.00. The summed E-state index contributed by atoms with van der Waals surface area (Å²) in [4.78, 5) is 13.3. The van der Waals surface area contributed by atoms with E-state index in [1.54, 1.807) is 11.8 Å². The SMILES string of the molecule is C[C@@H]1CN(C(=O)[C@@H](C)N)C[C@H](C)O1. The maximum Gasteiger partial charge on any atom is 0.239 e. The molecule has 1 fully saturated rings. The lowest BCUT2D eigenvalue weighted by Crippen LogP contribution is -2.52. The number of morpholine rings is 1. The molecule has 0 radical (unpaired) electrons. The summed E-state index contributed by atoms with van der Waals surface area (Å²) in [5.74, 6) is 0.0157. The van der Waals surface area contributed by atoms with Crippen LogP contribution in [-0.4, -0.2) is 42.1 Å². The van der Waals surface area contributed by atoms with Gasteiger partial charge < -0.3 is 15.4 Å². The third-order valence-electron chi connectivity index (χ3n) is 2.12. The van der Waals surface area contributed by atoms with Crippen molar-refractivity contribution in [3.05, 3.63) is 0 Å². The summed E-state index contributed by atoms with van der Waals surface area (Å²) in [6, 6.07) is -0.405. The van der Waals surface area contributed by atoms with E-state index in [4.69, 9.17) is 10.5 Å². The first-order valence-corrected chi connectivity index (χ1v) is 4.70. The van der Waals surface area contributed by atoms with Gasteiger partial charge >= 0.3 is 0 Å². The molecule has 0 spiro atoms. The van der Waals surface area contributed by atoms with Gasteiger partial charge in [-0.2, -0.15) is 0 Å². The van der Waals surface area contributed by atoms with Crippen LogP contribution in [-0.2, 0) is 9.53 Å². The molecule has 0 aliphatic carbocycles. The van der Waals surface area contributed by atoms with Gasteiger partial charge in [-0.3, -0.25) is 4.79 Å². The van der Waals surface area contributed by atoms with Gasteiger partial charge in [0.05, 0.1) is 18.2 Å². The molecular formula is C9H18N2O2. The van der Waals surface area contributed by atoms with Crippen LogP contribution < -0.4 is 5.73 Å². The van der Waals surface area contributed by atoms with E-state index < -0.39 is 6.04 Å². The molecule has 13 heavy (non-hydrogen) atoms. The van der Waals surface area contributed by atoms with Gasteiger partial charge in [0, 0.05) is 13.1 Å². The monoisotopic (exact) mass is 186 g/mol. The van der Waals surface area contributed by atoms with Crippen molar-refractivity contribution < 1.29 is 9.53 Å². The molecule has 0 bridgehead atoms. The molecule has 3 atom stereocenters. The van der Waals surface area contributed by atoms with Gasteiger partial charge in [-0.15, -0.1) is 0 Å². The van der Waals surface area contributed by atoms with Crippen molar-refractivity contribution in [2.24, 2.45) is 5.73 Å². The fraction of sp³-hybridized carbons (Fsp3) is 0.889. The average Bonchev–Trinajstić information content (AvgIpc) is 2.01. The van der Waals surface area contributed by atoms with Gasteiger partial charge in [-0.05, 0) is 20.8 Å². The molecule has 4 nitrogen and oxygen atoms in total. The number of rotatable bonds is 1. The van der Waals surface area contributed by atoms with Crippen LogP contribution in [0, 0.1) is 0 Å². The van der Waals surface area contributed by atoms with Crippen LogP contribution in [0.1, 0.15) is 20.8 Å². The van der Waals surface area contributed by atoms with Gasteiger partial charge in [0.2, 0.25) is 5.91 Å². The van der Waals surface area contributed by atoms with Gasteiger partial charge in [-0.25, -0.2) is 0 Å². The average molecular weight is 186 g/mol. The highest BCUT2D eigenvalue weighted by atomic mass is 16.5. The molecule has 4 heteroatoms. The molecule has 2 N–H and O–H groups in total. The standard InChI is InChI=1S/C9H18N2O2/c1-6-4-11(5-7(2)13-6)9(12)8(3)10/h6-8H,4-5,10H2,1-3H3/t6-,7+,8-/m1/s1. The zero-order chi connectivity index (χ0) is 10.0. The second kappa shape index (κ2) is 4.07. The highest BCUT2D eigenvalue weighted by Gasteiger charge is 2.27. The Morgan fingerprint density at radius 3 is 2.31 bits per heavy atom. The Labute approximate surface area is 79.0 Å². The van der Waals surface area contributed by atoms with Crippen LogP contribution in [0.2, 0.25) is 0 Å². The van der Waals surface area contributed by atoms with Crippen molar-refractivity contribution in [2.75, 3.05) is 13.1 Å². The highest BCUT2D eigenvalue weighted by molar-refractivity contribution is 5.81. The van der Waals surface area contributed by atoms with Crippen molar-refractivity contribution in [1.29, 1.82) is 0 Å². The summed E-state index contributed by atoms with van der Waals surface area (Å²) in [6.07, 6.45) is 0.234. The minimum absolute atomic E-state index is 0.0157.